The highest BCUT2D eigenvalue weighted by Gasteiger charge is 2.14. The maximum absolute atomic E-state index is 13.0. The van der Waals surface area contributed by atoms with Crippen molar-refractivity contribution in [2.75, 3.05) is 7.11 Å². The minimum Gasteiger partial charge on any atom is -0.504 e. The van der Waals surface area contributed by atoms with Gasteiger partial charge in [0.15, 0.2) is 11.5 Å². The first kappa shape index (κ1) is 18.0. The fourth-order valence-corrected chi connectivity index (χ4v) is 3.71. The molecular weight excluding hydrogens is 372 g/mol. The van der Waals surface area contributed by atoms with Crippen LogP contribution in [-0.2, 0) is 6.54 Å². The predicted molar refractivity (Wildman–Crippen MR) is 111 cm³/mol. The molecule has 2 heterocycles. The van der Waals surface area contributed by atoms with Crippen molar-refractivity contribution in [2.24, 2.45) is 0 Å². The summed E-state index contributed by atoms with van der Waals surface area (Å²) in [6, 6.07) is 18.4. The van der Waals surface area contributed by atoms with E-state index in [1.165, 1.54) is 7.11 Å². The number of nitrogens with one attached hydrogen (secondary N) is 1. The number of rotatable bonds is 5. The zero-order valence-corrected chi connectivity index (χ0v) is 16.0. The van der Waals surface area contributed by atoms with Crippen molar-refractivity contribution in [1.29, 1.82) is 0 Å². The van der Waals surface area contributed by atoms with Gasteiger partial charge in [-0.3, -0.25) is 4.79 Å². The second kappa shape index (κ2) is 7.70. The summed E-state index contributed by atoms with van der Waals surface area (Å²) < 4.78 is 5.12. The van der Waals surface area contributed by atoms with Crippen LogP contribution in [0.25, 0.3) is 21.5 Å². The molecular formula is C22H18N2O3S. The summed E-state index contributed by atoms with van der Waals surface area (Å²) in [5.74, 6) is 0.267. The number of hydrogen-bond donors (Lipinski definition) is 2. The van der Waals surface area contributed by atoms with E-state index in [2.05, 4.69) is 5.32 Å². The lowest BCUT2D eigenvalue weighted by atomic mass is 10.1. The normalized spacial score (nSPS) is 10.8. The number of hydrogen-bond acceptors (Lipinski definition) is 5. The molecule has 0 spiro atoms. The molecule has 5 nitrogen and oxygen atoms in total. The van der Waals surface area contributed by atoms with Gasteiger partial charge < -0.3 is 15.2 Å². The van der Waals surface area contributed by atoms with Crippen molar-refractivity contribution in [3.63, 3.8) is 0 Å². The van der Waals surface area contributed by atoms with E-state index in [1.807, 2.05) is 47.8 Å². The first-order chi connectivity index (χ1) is 13.7. The number of ether oxygens (including phenoxy) is 1. The number of methoxy groups -OCH3 is 1. The van der Waals surface area contributed by atoms with Crippen LogP contribution in [-0.4, -0.2) is 23.1 Å². The average molecular weight is 390 g/mol. The monoisotopic (exact) mass is 390 g/mol. The number of nitrogens with zero attached hydrogens (tertiary/aromatic N) is 1. The molecule has 2 aromatic carbocycles. The fraction of sp³-hybridized carbons (Fsp3) is 0.0909. The lowest BCUT2D eigenvalue weighted by Gasteiger charge is -2.11. The van der Waals surface area contributed by atoms with Gasteiger partial charge in [-0.25, -0.2) is 4.98 Å². The summed E-state index contributed by atoms with van der Waals surface area (Å²) >= 11 is 1.59. The third-order valence-electron chi connectivity index (χ3n) is 4.43. The molecule has 0 aliphatic heterocycles. The van der Waals surface area contributed by atoms with Gasteiger partial charge in [0, 0.05) is 11.9 Å². The summed E-state index contributed by atoms with van der Waals surface area (Å²) in [4.78, 5) is 18.7. The Morgan fingerprint density at radius 1 is 1.14 bits per heavy atom. The SMILES string of the molecule is COc1cc(CNC(=O)c2cc(-c3cccs3)nc3ccccc23)ccc1O. The lowest BCUT2D eigenvalue weighted by Crippen LogP contribution is -2.23. The fourth-order valence-electron chi connectivity index (χ4n) is 3.02. The standard InChI is InChI=1S/C22H18N2O3S/c1-27-20-11-14(8-9-19(20)25)13-23-22(26)16-12-18(21-7-4-10-28-21)24-17-6-3-2-5-15(16)17/h2-12,25H,13H2,1H3,(H,23,26). The second-order valence-electron chi connectivity index (χ2n) is 6.24. The number of benzene rings is 2. The van der Waals surface area contributed by atoms with Crippen molar-refractivity contribution in [3.05, 3.63) is 77.2 Å². The molecule has 1 amide bonds. The minimum atomic E-state index is -0.177. The zero-order chi connectivity index (χ0) is 19.5. The van der Waals surface area contributed by atoms with E-state index in [4.69, 9.17) is 9.72 Å². The van der Waals surface area contributed by atoms with Crippen LogP contribution in [0.3, 0.4) is 0 Å². The van der Waals surface area contributed by atoms with Crippen LogP contribution >= 0.6 is 11.3 Å². The molecule has 0 radical (unpaired) electrons. The maximum Gasteiger partial charge on any atom is 0.252 e. The number of pyridine rings is 1. The number of phenols is 1. The van der Waals surface area contributed by atoms with E-state index >= 15 is 0 Å². The Bertz CT molecular complexity index is 1140. The number of phenolic OH excluding ortho intramolecular Hbond substituents is 1. The summed E-state index contributed by atoms with van der Waals surface area (Å²) in [5, 5.41) is 15.5. The molecule has 4 rings (SSSR count). The molecule has 0 aliphatic carbocycles. The van der Waals surface area contributed by atoms with Crippen molar-refractivity contribution >= 4 is 28.1 Å². The first-order valence-electron chi connectivity index (χ1n) is 8.73. The predicted octanol–water partition coefficient (Wildman–Crippen LogP) is 4.61. The molecule has 0 saturated heterocycles. The number of amides is 1. The molecule has 0 unspecified atom stereocenters. The van der Waals surface area contributed by atoms with Crippen molar-refractivity contribution in [2.45, 2.75) is 6.54 Å². The largest absolute Gasteiger partial charge is 0.504 e. The van der Waals surface area contributed by atoms with Gasteiger partial charge in [0.25, 0.3) is 5.91 Å². The van der Waals surface area contributed by atoms with Crippen molar-refractivity contribution in [3.8, 4) is 22.1 Å². The summed E-state index contributed by atoms with van der Waals surface area (Å²) in [7, 11) is 1.49. The number of carbonyl (C=O) groups excluding carboxylic acids is 1. The highest BCUT2D eigenvalue weighted by molar-refractivity contribution is 7.13. The molecule has 0 fully saturated rings. The van der Waals surface area contributed by atoms with Crippen LogP contribution in [0.2, 0.25) is 0 Å². The third kappa shape index (κ3) is 3.54. The first-order valence-corrected chi connectivity index (χ1v) is 9.61. The summed E-state index contributed by atoms with van der Waals surface area (Å²) in [6.45, 7) is 0.320. The topological polar surface area (TPSA) is 71.5 Å². The van der Waals surface area contributed by atoms with Crippen LogP contribution in [0, 0.1) is 0 Å². The molecule has 2 aromatic heterocycles. The van der Waals surface area contributed by atoms with E-state index < -0.39 is 0 Å². The van der Waals surface area contributed by atoms with Gasteiger partial charge in [-0.05, 0) is 41.3 Å². The Hall–Kier alpha value is -3.38. The van der Waals surface area contributed by atoms with Crippen LogP contribution in [0.15, 0.2) is 66.0 Å². The molecule has 4 aromatic rings. The molecule has 0 atom stereocenters. The molecule has 28 heavy (non-hydrogen) atoms. The highest BCUT2D eigenvalue weighted by Crippen LogP contribution is 2.28. The molecule has 0 bridgehead atoms. The zero-order valence-electron chi connectivity index (χ0n) is 15.2. The Kier molecular flexibility index (Phi) is 4.95. The van der Waals surface area contributed by atoms with Crippen LogP contribution in [0.1, 0.15) is 15.9 Å². The number of aromatic hydroxyl groups is 1. The number of carbonyl (C=O) groups is 1. The van der Waals surface area contributed by atoms with Gasteiger partial charge in [-0.2, -0.15) is 0 Å². The molecule has 0 aliphatic rings. The summed E-state index contributed by atoms with van der Waals surface area (Å²) in [5.41, 5.74) is 2.98. The lowest BCUT2D eigenvalue weighted by molar-refractivity contribution is 0.0952. The van der Waals surface area contributed by atoms with Gasteiger partial charge in [0.05, 0.1) is 28.8 Å². The van der Waals surface area contributed by atoms with Crippen molar-refractivity contribution < 1.29 is 14.6 Å². The third-order valence-corrected chi connectivity index (χ3v) is 5.32. The minimum absolute atomic E-state index is 0.0679. The summed E-state index contributed by atoms with van der Waals surface area (Å²) in [6.07, 6.45) is 0. The molecule has 140 valence electrons. The van der Waals surface area contributed by atoms with Crippen LogP contribution in [0.4, 0.5) is 0 Å². The average Bonchev–Trinajstić information content (AvgIpc) is 3.27. The second-order valence-corrected chi connectivity index (χ2v) is 7.19. The Labute approximate surface area is 166 Å². The molecule has 2 N–H and O–H groups in total. The number of para-hydroxylation sites is 1. The van der Waals surface area contributed by atoms with Crippen LogP contribution in [0.5, 0.6) is 11.5 Å². The quantitative estimate of drug-likeness (QED) is 0.522. The van der Waals surface area contributed by atoms with Gasteiger partial charge in [0.1, 0.15) is 0 Å². The Morgan fingerprint density at radius 2 is 2.00 bits per heavy atom. The van der Waals surface area contributed by atoms with Crippen LogP contribution < -0.4 is 10.1 Å². The van der Waals surface area contributed by atoms with Crippen molar-refractivity contribution in [1.82, 2.24) is 10.3 Å². The van der Waals surface area contributed by atoms with E-state index in [0.717, 1.165) is 27.0 Å². The van der Waals surface area contributed by atoms with Gasteiger partial charge in [0.2, 0.25) is 0 Å². The Morgan fingerprint density at radius 3 is 2.79 bits per heavy atom. The Balaban J connectivity index is 1.65. The van der Waals surface area contributed by atoms with E-state index in [9.17, 15) is 9.90 Å². The number of fused-ring (bicyclic) bond motifs is 1. The van der Waals surface area contributed by atoms with E-state index in [1.54, 1.807) is 29.5 Å². The van der Waals surface area contributed by atoms with E-state index in [0.29, 0.717) is 17.9 Å². The smallest absolute Gasteiger partial charge is 0.252 e. The maximum atomic E-state index is 13.0. The number of thiophene rings is 1. The van der Waals surface area contributed by atoms with E-state index in [-0.39, 0.29) is 11.7 Å². The molecule has 6 heteroatoms. The van der Waals surface area contributed by atoms with Gasteiger partial charge >= 0.3 is 0 Å². The number of aromatic nitrogens is 1. The van der Waals surface area contributed by atoms with Gasteiger partial charge in [-0.1, -0.05) is 30.3 Å². The highest BCUT2D eigenvalue weighted by atomic mass is 32.1. The van der Waals surface area contributed by atoms with Gasteiger partial charge in [-0.15, -0.1) is 11.3 Å². The molecule has 0 saturated carbocycles.